The van der Waals surface area contributed by atoms with Crippen LogP contribution < -0.4 is 10.0 Å². The molecule has 1 aromatic rings. The maximum Gasteiger partial charge on any atom is 0.241 e. The molecule has 5 nitrogen and oxygen atoms in total. The first kappa shape index (κ1) is 17.7. The van der Waals surface area contributed by atoms with Crippen LogP contribution in [-0.4, -0.2) is 26.4 Å². The Labute approximate surface area is 127 Å². The summed E-state index contributed by atoms with van der Waals surface area (Å²) in [5.74, 6) is -0.313. The first-order valence-corrected chi connectivity index (χ1v) is 8.64. The van der Waals surface area contributed by atoms with Crippen molar-refractivity contribution >= 4 is 15.9 Å². The maximum absolute atomic E-state index is 12.2. The van der Waals surface area contributed by atoms with Gasteiger partial charge in [-0.25, -0.2) is 8.42 Å². The Morgan fingerprint density at radius 2 is 1.76 bits per heavy atom. The monoisotopic (exact) mass is 312 g/mol. The summed E-state index contributed by atoms with van der Waals surface area (Å²) in [4.78, 5) is 12.1. The van der Waals surface area contributed by atoms with Crippen molar-refractivity contribution in [1.29, 1.82) is 0 Å². The van der Waals surface area contributed by atoms with E-state index in [-0.39, 0.29) is 16.8 Å². The summed E-state index contributed by atoms with van der Waals surface area (Å²) in [5, 5.41) is 2.80. The molecule has 21 heavy (non-hydrogen) atoms. The van der Waals surface area contributed by atoms with Crippen LogP contribution in [0.15, 0.2) is 29.2 Å². The molecule has 0 saturated carbocycles. The van der Waals surface area contributed by atoms with E-state index >= 15 is 0 Å². The lowest BCUT2D eigenvalue weighted by atomic mass is 10.2. The van der Waals surface area contributed by atoms with Gasteiger partial charge in [0.1, 0.15) is 0 Å². The molecule has 118 valence electrons. The molecule has 0 radical (unpaired) electrons. The zero-order chi connectivity index (χ0) is 16.0. The van der Waals surface area contributed by atoms with Crippen molar-refractivity contribution in [1.82, 2.24) is 10.0 Å². The molecule has 0 aliphatic rings. The lowest BCUT2D eigenvalue weighted by Crippen LogP contribution is -2.47. The van der Waals surface area contributed by atoms with E-state index in [9.17, 15) is 13.2 Å². The highest BCUT2D eigenvalue weighted by Gasteiger charge is 2.22. The number of hydrogen-bond donors (Lipinski definition) is 2. The highest BCUT2D eigenvalue weighted by Crippen LogP contribution is 2.10. The Balaban J connectivity index is 2.70. The van der Waals surface area contributed by atoms with E-state index in [1.54, 1.807) is 19.1 Å². The van der Waals surface area contributed by atoms with E-state index in [2.05, 4.69) is 10.0 Å². The molecule has 2 N–H and O–H groups in total. The number of carbonyl (C=O) groups is 1. The molecule has 6 heteroatoms. The SMILES string of the molecule is CCC[C@@H](C)NC(=O)[C@H](C)NS(=O)(=O)c1ccc(C)cc1. The third-order valence-corrected chi connectivity index (χ3v) is 4.72. The van der Waals surface area contributed by atoms with Gasteiger partial charge in [0.25, 0.3) is 0 Å². The van der Waals surface area contributed by atoms with E-state index in [0.29, 0.717) is 0 Å². The van der Waals surface area contributed by atoms with Crippen molar-refractivity contribution in [3.63, 3.8) is 0 Å². The average Bonchev–Trinajstić information content (AvgIpc) is 2.38. The van der Waals surface area contributed by atoms with E-state index < -0.39 is 16.1 Å². The Bertz CT molecular complexity index is 567. The summed E-state index contributed by atoms with van der Waals surface area (Å²) in [5.41, 5.74) is 0.980. The minimum atomic E-state index is -3.68. The predicted octanol–water partition coefficient (Wildman–Crippen LogP) is 1.97. The molecular formula is C15H24N2O3S. The summed E-state index contributed by atoms with van der Waals surface area (Å²) in [7, 11) is -3.68. The van der Waals surface area contributed by atoms with E-state index in [1.165, 1.54) is 12.1 Å². The number of hydrogen-bond acceptors (Lipinski definition) is 3. The van der Waals surface area contributed by atoms with Crippen molar-refractivity contribution in [3.8, 4) is 0 Å². The molecule has 2 atom stereocenters. The smallest absolute Gasteiger partial charge is 0.241 e. The largest absolute Gasteiger partial charge is 0.352 e. The van der Waals surface area contributed by atoms with Gasteiger partial charge >= 0.3 is 0 Å². The minimum Gasteiger partial charge on any atom is -0.352 e. The van der Waals surface area contributed by atoms with Crippen LogP contribution in [0.3, 0.4) is 0 Å². The molecule has 1 amide bonds. The summed E-state index contributed by atoms with van der Waals surface area (Å²) in [6.45, 7) is 7.36. The summed E-state index contributed by atoms with van der Waals surface area (Å²) >= 11 is 0. The second-order valence-corrected chi connectivity index (χ2v) is 7.07. The number of rotatable bonds is 7. The number of nitrogens with one attached hydrogen (secondary N) is 2. The molecule has 0 saturated heterocycles. The van der Waals surface area contributed by atoms with Gasteiger partial charge in [-0.2, -0.15) is 4.72 Å². The van der Waals surface area contributed by atoms with Gasteiger partial charge in [-0.05, 0) is 39.3 Å². The lowest BCUT2D eigenvalue weighted by Gasteiger charge is -2.18. The number of aryl methyl sites for hydroxylation is 1. The van der Waals surface area contributed by atoms with Crippen LogP contribution in [0.1, 0.15) is 39.2 Å². The van der Waals surface area contributed by atoms with E-state index in [4.69, 9.17) is 0 Å². The first-order valence-electron chi connectivity index (χ1n) is 7.15. The number of sulfonamides is 1. The van der Waals surface area contributed by atoms with Gasteiger partial charge in [0, 0.05) is 6.04 Å². The van der Waals surface area contributed by atoms with Gasteiger partial charge in [0.15, 0.2) is 0 Å². The van der Waals surface area contributed by atoms with Gasteiger partial charge in [-0.3, -0.25) is 4.79 Å². The fraction of sp³-hybridized carbons (Fsp3) is 0.533. The van der Waals surface area contributed by atoms with Crippen molar-refractivity contribution < 1.29 is 13.2 Å². The van der Waals surface area contributed by atoms with Crippen LogP contribution in [-0.2, 0) is 14.8 Å². The third-order valence-electron chi connectivity index (χ3n) is 3.17. The van der Waals surface area contributed by atoms with Crippen LogP contribution >= 0.6 is 0 Å². The first-order chi connectivity index (χ1) is 9.76. The number of amides is 1. The van der Waals surface area contributed by atoms with Gasteiger partial charge in [0.05, 0.1) is 10.9 Å². The topological polar surface area (TPSA) is 75.3 Å². The number of carbonyl (C=O) groups excluding carboxylic acids is 1. The molecule has 1 rings (SSSR count). The normalized spacial score (nSPS) is 14.5. The highest BCUT2D eigenvalue weighted by molar-refractivity contribution is 7.89. The maximum atomic E-state index is 12.2. The molecular weight excluding hydrogens is 288 g/mol. The van der Waals surface area contributed by atoms with E-state index in [1.807, 2.05) is 20.8 Å². The molecule has 0 spiro atoms. The fourth-order valence-corrected chi connectivity index (χ4v) is 3.15. The Hall–Kier alpha value is -1.40. The minimum absolute atomic E-state index is 0.0360. The van der Waals surface area contributed by atoms with Crippen LogP contribution in [0.25, 0.3) is 0 Å². The fourth-order valence-electron chi connectivity index (χ4n) is 1.94. The molecule has 0 fully saturated rings. The predicted molar refractivity (Wildman–Crippen MR) is 83.5 cm³/mol. The summed E-state index contributed by atoms with van der Waals surface area (Å²) < 4.78 is 26.8. The third kappa shape index (κ3) is 5.47. The van der Waals surface area contributed by atoms with Crippen molar-refractivity contribution in [2.75, 3.05) is 0 Å². The molecule has 0 heterocycles. The van der Waals surface area contributed by atoms with Gasteiger partial charge in [-0.15, -0.1) is 0 Å². The molecule has 0 aliphatic carbocycles. The Morgan fingerprint density at radius 3 is 2.29 bits per heavy atom. The van der Waals surface area contributed by atoms with Crippen molar-refractivity contribution in [3.05, 3.63) is 29.8 Å². The van der Waals surface area contributed by atoms with Crippen molar-refractivity contribution in [2.24, 2.45) is 0 Å². The summed E-state index contributed by atoms with van der Waals surface area (Å²) in [6.07, 6.45) is 1.83. The second kappa shape index (κ2) is 7.56. The van der Waals surface area contributed by atoms with Gasteiger partial charge < -0.3 is 5.32 Å². The van der Waals surface area contributed by atoms with Crippen LogP contribution in [0, 0.1) is 6.92 Å². The lowest BCUT2D eigenvalue weighted by molar-refractivity contribution is -0.123. The van der Waals surface area contributed by atoms with Crippen LogP contribution in [0.2, 0.25) is 0 Å². The van der Waals surface area contributed by atoms with Crippen LogP contribution in [0.4, 0.5) is 0 Å². The molecule has 1 aromatic carbocycles. The second-order valence-electron chi connectivity index (χ2n) is 5.35. The van der Waals surface area contributed by atoms with Crippen LogP contribution in [0.5, 0.6) is 0 Å². The van der Waals surface area contributed by atoms with Gasteiger partial charge in [-0.1, -0.05) is 31.0 Å². The molecule has 0 unspecified atom stereocenters. The zero-order valence-corrected chi connectivity index (χ0v) is 13.8. The standard InChI is InChI=1S/C15H24N2O3S/c1-5-6-12(3)16-15(18)13(4)17-21(19,20)14-9-7-11(2)8-10-14/h7-10,12-13,17H,5-6H2,1-4H3,(H,16,18)/t12-,13+/m1/s1. The van der Waals surface area contributed by atoms with Gasteiger partial charge in [0.2, 0.25) is 15.9 Å². The Kier molecular flexibility index (Phi) is 6.36. The average molecular weight is 312 g/mol. The quantitative estimate of drug-likeness (QED) is 0.808. The molecule has 0 bridgehead atoms. The van der Waals surface area contributed by atoms with Crippen molar-refractivity contribution in [2.45, 2.75) is 57.5 Å². The summed E-state index contributed by atoms with van der Waals surface area (Å²) in [6, 6.07) is 5.74. The zero-order valence-electron chi connectivity index (χ0n) is 13.0. The molecule has 0 aromatic heterocycles. The Morgan fingerprint density at radius 1 is 1.19 bits per heavy atom. The highest BCUT2D eigenvalue weighted by atomic mass is 32.2. The molecule has 0 aliphatic heterocycles. The van der Waals surface area contributed by atoms with E-state index in [0.717, 1.165) is 18.4 Å². The number of benzene rings is 1.